The third-order valence-electron chi connectivity index (χ3n) is 5.95. The number of pyridine rings is 1. The van der Waals surface area contributed by atoms with E-state index < -0.39 is 41.7 Å². The lowest BCUT2D eigenvalue weighted by molar-refractivity contribution is -0.151. The summed E-state index contributed by atoms with van der Waals surface area (Å²) in [6, 6.07) is 6.92. The molecule has 0 fully saturated rings. The number of ether oxygens (including phenoxy) is 1. The molecule has 2 atom stereocenters. The average Bonchev–Trinajstić information content (AvgIpc) is 2.95. The third kappa shape index (κ3) is 9.84. The second-order valence-electron chi connectivity index (χ2n) is 9.19. The van der Waals surface area contributed by atoms with Crippen LogP contribution in [-0.4, -0.2) is 56.8 Å². The second kappa shape index (κ2) is 15.5. The van der Waals surface area contributed by atoms with Crippen LogP contribution >= 0.6 is 11.8 Å². The van der Waals surface area contributed by atoms with Gasteiger partial charge < -0.3 is 25.8 Å². The van der Waals surface area contributed by atoms with Crippen LogP contribution in [0.15, 0.2) is 60.3 Å². The number of hydrogen-bond acceptors (Lipinski definition) is 9. The van der Waals surface area contributed by atoms with Gasteiger partial charge in [-0.25, -0.2) is 14.2 Å². The highest BCUT2D eigenvalue weighted by molar-refractivity contribution is 8.13. The number of phenolic OH excluding ortho intramolecular Hbond substituents is 1. The number of hydrogen-bond donors (Lipinski definition) is 4. The molecule has 2 heterocycles. The molecular weight excluding hydrogens is 567 g/mol. The molecule has 42 heavy (non-hydrogen) atoms. The number of rotatable bonds is 6. The zero-order valence-electron chi connectivity index (χ0n) is 23.0. The zero-order valence-corrected chi connectivity index (χ0v) is 23.8. The summed E-state index contributed by atoms with van der Waals surface area (Å²) >= 11 is 1.12. The summed E-state index contributed by atoms with van der Waals surface area (Å²) < 4.78 is 20.0. The molecule has 222 valence electrons. The minimum Gasteiger partial charge on any atom is -0.508 e. The molecule has 2 bridgehead atoms. The number of halogens is 1. The predicted octanol–water partition coefficient (Wildman–Crippen LogP) is 2.45. The highest BCUT2D eigenvalue weighted by Gasteiger charge is 2.28. The topological polar surface area (TPSA) is 164 Å². The van der Waals surface area contributed by atoms with Gasteiger partial charge in [-0.05, 0) is 49.2 Å². The van der Waals surface area contributed by atoms with Gasteiger partial charge in [-0.15, -0.1) is 0 Å². The number of fused-ring (bicyclic) bond motifs is 2. The monoisotopic (exact) mass is 598 g/mol. The molecule has 11 nitrogen and oxygen atoms in total. The molecule has 13 heteroatoms. The van der Waals surface area contributed by atoms with Gasteiger partial charge in [0.1, 0.15) is 35.1 Å². The molecular formula is C29H31FN4O7S. The van der Waals surface area contributed by atoms with E-state index in [1.165, 1.54) is 38.1 Å². The lowest BCUT2D eigenvalue weighted by Crippen LogP contribution is -2.47. The number of nitrogens with one attached hydrogen (secondary N) is 3. The van der Waals surface area contributed by atoms with Gasteiger partial charge in [-0.3, -0.25) is 19.2 Å². The van der Waals surface area contributed by atoms with Crippen molar-refractivity contribution in [3.63, 3.8) is 0 Å². The molecule has 0 saturated heterocycles. The molecule has 1 aliphatic heterocycles. The van der Waals surface area contributed by atoms with Crippen LogP contribution in [0, 0.1) is 5.82 Å². The Labute approximate surface area is 246 Å². The first kappa shape index (κ1) is 32.0. The van der Waals surface area contributed by atoms with Gasteiger partial charge in [0.25, 0.3) is 11.8 Å². The minimum atomic E-state index is -1.25. The number of carbonyl (C=O) groups is 5. The van der Waals surface area contributed by atoms with Crippen molar-refractivity contribution in [1.82, 2.24) is 20.9 Å². The summed E-state index contributed by atoms with van der Waals surface area (Å²) in [7, 11) is 0. The fourth-order valence-corrected chi connectivity index (χ4v) is 4.36. The van der Waals surface area contributed by atoms with E-state index in [0.717, 1.165) is 23.9 Å². The number of carbonyl (C=O) groups excluding carboxylic acids is 5. The van der Waals surface area contributed by atoms with Gasteiger partial charge in [0, 0.05) is 19.1 Å². The molecule has 1 aromatic carbocycles. The zero-order chi connectivity index (χ0) is 30.6. The van der Waals surface area contributed by atoms with Gasteiger partial charge in [0.05, 0.1) is 18.7 Å². The lowest BCUT2D eigenvalue weighted by Gasteiger charge is -2.22. The van der Waals surface area contributed by atoms with Crippen LogP contribution in [0.4, 0.5) is 4.39 Å². The van der Waals surface area contributed by atoms with Crippen LogP contribution in [0.2, 0.25) is 0 Å². The summed E-state index contributed by atoms with van der Waals surface area (Å²) in [5.74, 6) is -3.30. The smallest absolute Gasteiger partial charge is 0.329 e. The number of benzene rings is 1. The Morgan fingerprint density at radius 2 is 1.88 bits per heavy atom. The van der Waals surface area contributed by atoms with E-state index >= 15 is 0 Å². The molecule has 4 N–H and O–H groups in total. The van der Waals surface area contributed by atoms with Crippen LogP contribution in [0.5, 0.6) is 5.75 Å². The molecule has 0 radical (unpaired) electrons. The van der Waals surface area contributed by atoms with E-state index in [1.54, 1.807) is 18.2 Å². The first-order chi connectivity index (χ1) is 20.0. The highest BCUT2D eigenvalue weighted by atomic mass is 32.2. The van der Waals surface area contributed by atoms with Gasteiger partial charge in [-0.2, -0.15) is 0 Å². The van der Waals surface area contributed by atoms with Crippen molar-refractivity contribution in [2.75, 3.05) is 5.75 Å². The van der Waals surface area contributed by atoms with E-state index in [-0.39, 0.29) is 47.3 Å². The fraction of sp³-hybridized carbons (Fsp3) is 0.310. The average molecular weight is 599 g/mol. The predicted molar refractivity (Wildman–Crippen MR) is 152 cm³/mol. The number of amides is 3. The molecule has 1 aliphatic rings. The van der Waals surface area contributed by atoms with Gasteiger partial charge in [-0.1, -0.05) is 36.0 Å². The Morgan fingerprint density at radius 3 is 2.57 bits per heavy atom. The Kier molecular flexibility index (Phi) is 11.8. The number of cyclic esters (lactones) is 1. The molecule has 1 unspecified atom stereocenters. The number of allylic oxidation sites excluding steroid dienone is 2. The Balaban J connectivity index is 1.94. The van der Waals surface area contributed by atoms with E-state index in [1.807, 2.05) is 0 Å². The highest BCUT2D eigenvalue weighted by Crippen LogP contribution is 2.15. The quantitative estimate of drug-likeness (QED) is 0.169. The van der Waals surface area contributed by atoms with Crippen molar-refractivity contribution in [1.29, 1.82) is 0 Å². The fourth-order valence-electron chi connectivity index (χ4n) is 3.81. The van der Waals surface area contributed by atoms with E-state index in [2.05, 4.69) is 20.9 Å². The number of phenols is 1. The Bertz CT molecular complexity index is 1390. The van der Waals surface area contributed by atoms with Crippen molar-refractivity contribution in [2.24, 2.45) is 0 Å². The number of nitrogens with zero attached hydrogens (tertiary/aromatic N) is 1. The summed E-state index contributed by atoms with van der Waals surface area (Å²) in [5.41, 5.74) is 0.0127. The van der Waals surface area contributed by atoms with Crippen LogP contribution in [-0.2, 0) is 36.9 Å². The maximum Gasteiger partial charge on any atom is 0.329 e. The summed E-state index contributed by atoms with van der Waals surface area (Å²) in [6.45, 7) is 2.61. The van der Waals surface area contributed by atoms with Crippen LogP contribution in [0.25, 0.3) is 0 Å². The van der Waals surface area contributed by atoms with Gasteiger partial charge >= 0.3 is 5.97 Å². The molecule has 3 rings (SSSR count). The van der Waals surface area contributed by atoms with Crippen LogP contribution in [0.1, 0.15) is 48.4 Å². The summed E-state index contributed by atoms with van der Waals surface area (Å²) in [5, 5.41) is 17.1. The lowest BCUT2D eigenvalue weighted by atomic mass is 10.1. The Morgan fingerprint density at radius 1 is 1.14 bits per heavy atom. The van der Waals surface area contributed by atoms with Gasteiger partial charge in [0.2, 0.25) is 5.91 Å². The normalized spacial score (nSPS) is 19.6. The van der Waals surface area contributed by atoms with E-state index in [0.29, 0.717) is 17.7 Å². The van der Waals surface area contributed by atoms with Crippen molar-refractivity contribution in [2.45, 2.75) is 51.8 Å². The van der Waals surface area contributed by atoms with Crippen molar-refractivity contribution in [3.05, 3.63) is 83.1 Å². The molecule has 2 aromatic rings. The standard InChI is InChI=1S/C29H31FN4O7S/c1-3-22-27(38)34-24(14-18-7-9-19(36)10-8-18)29(40)41-20(6-4-5-13-42-17(2)35)15-26(37)31-16-25-21(30)11-12-23(32-25)28(39)33-22/h3-4,6-12,20,24,36H,5,13-16H2,1-2H3,(H,31,37)(H,33,39)(H,34,38)/b6-4+,22-3-/t20-,24?/m1/s1. The number of esters is 1. The summed E-state index contributed by atoms with van der Waals surface area (Å²) in [6.07, 6.45) is 3.55. The largest absolute Gasteiger partial charge is 0.508 e. The van der Waals surface area contributed by atoms with Crippen molar-refractivity contribution >= 4 is 40.6 Å². The molecule has 1 aromatic heterocycles. The number of aromatic hydroxyl groups is 1. The number of thioether (sulfide) groups is 1. The summed E-state index contributed by atoms with van der Waals surface area (Å²) in [4.78, 5) is 67.3. The molecule has 3 amide bonds. The van der Waals surface area contributed by atoms with Crippen molar-refractivity contribution < 1.29 is 38.2 Å². The third-order valence-corrected chi connectivity index (χ3v) is 6.79. The molecule has 0 aliphatic carbocycles. The maximum absolute atomic E-state index is 14.4. The van der Waals surface area contributed by atoms with Crippen molar-refractivity contribution in [3.8, 4) is 5.75 Å². The van der Waals surface area contributed by atoms with Crippen LogP contribution in [0.3, 0.4) is 0 Å². The first-order valence-electron chi connectivity index (χ1n) is 13.0. The first-order valence-corrected chi connectivity index (χ1v) is 14.0. The Hall–Kier alpha value is -4.52. The number of aromatic nitrogens is 1. The van der Waals surface area contributed by atoms with Crippen LogP contribution < -0.4 is 16.0 Å². The SMILES string of the molecule is C/C=C1\NC(=O)c2ccc(F)c(n2)CNC(=O)C[C@@H](/C=C/CCSC(C)=O)OC(=O)C(Cc2ccc(O)cc2)NC1=O. The van der Waals surface area contributed by atoms with E-state index in [9.17, 15) is 33.5 Å². The van der Waals surface area contributed by atoms with E-state index in [4.69, 9.17) is 4.74 Å². The maximum atomic E-state index is 14.4. The van der Waals surface area contributed by atoms with Gasteiger partial charge in [0.15, 0.2) is 5.12 Å². The molecule has 0 spiro atoms. The molecule has 0 saturated carbocycles. The second-order valence-corrected chi connectivity index (χ2v) is 10.5. The minimum absolute atomic E-state index is 0.0129.